The van der Waals surface area contributed by atoms with Crippen LogP contribution in [-0.4, -0.2) is 89.3 Å². The highest BCUT2D eigenvalue weighted by atomic mass is 32.2. The summed E-state index contributed by atoms with van der Waals surface area (Å²) >= 11 is 0. The summed E-state index contributed by atoms with van der Waals surface area (Å²) in [7, 11) is -0.890. The van der Waals surface area contributed by atoms with Crippen molar-refractivity contribution in [3.63, 3.8) is 0 Å². The van der Waals surface area contributed by atoms with E-state index >= 15 is 0 Å². The van der Waals surface area contributed by atoms with Gasteiger partial charge in [0.05, 0.1) is 37.4 Å². The van der Waals surface area contributed by atoms with Gasteiger partial charge in [-0.05, 0) is 55.0 Å². The molecule has 1 aliphatic rings. The van der Waals surface area contributed by atoms with Crippen LogP contribution in [0.3, 0.4) is 0 Å². The van der Waals surface area contributed by atoms with Crippen molar-refractivity contribution in [1.29, 1.82) is 0 Å². The van der Waals surface area contributed by atoms with E-state index in [1.54, 1.807) is 19.2 Å². The summed E-state index contributed by atoms with van der Waals surface area (Å²) in [6.07, 6.45) is -0.441. The van der Waals surface area contributed by atoms with Gasteiger partial charge in [-0.2, -0.15) is 4.31 Å². The van der Waals surface area contributed by atoms with E-state index in [4.69, 9.17) is 18.9 Å². The first-order valence-corrected chi connectivity index (χ1v) is 15.5. The van der Waals surface area contributed by atoms with Crippen molar-refractivity contribution >= 4 is 16.1 Å². The Morgan fingerprint density at radius 1 is 1.10 bits per heavy atom. The monoisotopic (exact) mass is 592 g/mol. The number of hydrogen-bond donors (Lipinski definition) is 2. The van der Waals surface area contributed by atoms with E-state index < -0.39 is 34.4 Å². The highest BCUT2D eigenvalue weighted by Crippen LogP contribution is 2.23. The summed E-state index contributed by atoms with van der Waals surface area (Å²) in [5, 5.41) is 14.3. The zero-order valence-electron chi connectivity index (χ0n) is 24.4. The molecule has 1 saturated heterocycles. The minimum Gasteiger partial charge on any atom is -0.497 e. The number of carbonyl (C=O) groups excluding carboxylic acids is 1. The lowest BCUT2D eigenvalue weighted by molar-refractivity contribution is -0.0467. The molecule has 10 nitrogen and oxygen atoms in total. The van der Waals surface area contributed by atoms with Crippen molar-refractivity contribution in [2.75, 3.05) is 47.1 Å². The SMILES string of the molecule is COC[C@@H](OC(=O)N[C@H](Cc1ccccc1)[C@@H](O)CN(CC(C)C)S(=O)(=O)c1ccc(OC)cc1)C1CCCOC1. The van der Waals surface area contributed by atoms with Gasteiger partial charge in [0.25, 0.3) is 0 Å². The summed E-state index contributed by atoms with van der Waals surface area (Å²) in [5.74, 6) is 0.535. The second kappa shape index (κ2) is 16.1. The predicted molar refractivity (Wildman–Crippen MR) is 155 cm³/mol. The highest BCUT2D eigenvalue weighted by Gasteiger charge is 2.33. The average Bonchev–Trinajstić information content (AvgIpc) is 2.97. The second-order valence-corrected chi connectivity index (χ2v) is 12.7. The van der Waals surface area contributed by atoms with Crippen LogP contribution in [0, 0.1) is 11.8 Å². The number of benzene rings is 2. The van der Waals surface area contributed by atoms with Crippen LogP contribution < -0.4 is 10.1 Å². The van der Waals surface area contributed by atoms with Crippen molar-refractivity contribution < 1.29 is 37.3 Å². The minimum atomic E-state index is -3.95. The summed E-state index contributed by atoms with van der Waals surface area (Å²) < 4.78 is 50.3. The maximum atomic E-state index is 13.6. The molecule has 1 unspecified atom stereocenters. The van der Waals surface area contributed by atoms with Gasteiger partial charge in [0.1, 0.15) is 11.9 Å². The van der Waals surface area contributed by atoms with Crippen LogP contribution >= 0.6 is 0 Å². The fourth-order valence-corrected chi connectivity index (χ4v) is 6.50. The second-order valence-electron chi connectivity index (χ2n) is 10.8. The molecule has 2 aromatic rings. The molecule has 0 aromatic heterocycles. The predicted octanol–water partition coefficient (Wildman–Crippen LogP) is 3.48. The van der Waals surface area contributed by atoms with Gasteiger partial charge in [-0.15, -0.1) is 0 Å². The lowest BCUT2D eigenvalue weighted by Crippen LogP contribution is -2.52. The number of aliphatic hydroxyl groups is 1. The molecule has 2 aromatic carbocycles. The summed E-state index contributed by atoms with van der Waals surface area (Å²) in [6.45, 7) is 5.16. The van der Waals surface area contributed by atoms with Gasteiger partial charge in [0.15, 0.2) is 0 Å². The normalized spacial score (nSPS) is 18.1. The van der Waals surface area contributed by atoms with Crippen LogP contribution in [0.25, 0.3) is 0 Å². The third kappa shape index (κ3) is 9.96. The van der Waals surface area contributed by atoms with Crippen LogP contribution in [0.5, 0.6) is 5.75 Å². The van der Waals surface area contributed by atoms with Gasteiger partial charge >= 0.3 is 6.09 Å². The van der Waals surface area contributed by atoms with Crippen LogP contribution in [0.2, 0.25) is 0 Å². The number of sulfonamides is 1. The molecule has 0 aliphatic carbocycles. The molecular weight excluding hydrogens is 548 g/mol. The fraction of sp³-hybridized carbons (Fsp3) is 0.567. The standard InChI is InChI=1S/C30H44N2O8S/c1-22(2)18-32(41(35,36)26-14-12-25(38-4)13-15-26)19-28(33)27(17-23-9-6-5-7-10-23)31-30(34)40-29(21-37-3)24-11-8-16-39-20-24/h5-7,9-10,12-15,22,24,27-29,33H,8,11,16-21H2,1-4H3,(H,31,34)/t24?,27-,28+,29-/m1/s1. The van der Waals surface area contributed by atoms with Crippen LogP contribution in [0.4, 0.5) is 4.79 Å². The highest BCUT2D eigenvalue weighted by molar-refractivity contribution is 7.89. The smallest absolute Gasteiger partial charge is 0.407 e. The minimum absolute atomic E-state index is 0.00289. The van der Waals surface area contributed by atoms with Gasteiger partial charge in [-0.25, -0.2) is 13.2 Å². The lowest BCUT2D eigenvalue weighted by Gasteiger charge is -2.32. The zero-order chi connectivity index (χ0) is 29.8. The third-order valence-corrected chi connectivity index (χ3v) is 8.88. The number of hydrogen-bond acceptors (Lipinski definition) is 8. The topological polar surface area (TPSA) is 124 Å². The number of rotatable bonds is 15. The molecule has 228 valence electrons. The Bertz CT molecular complexity index is 1150. The zero-order valence-corrected chi connectivity index (χ0v) is 25.2. The Morgan fingerprint density at radius 3 is 2.39 bits per heavy atom. The maximum absolute atomic E-state index is 13.6. The molecule has 0 spiro atoms. The molecule has 0 radical (unpaired) electrons. The molecule has 3 rings (SSSR count). The number of amides is 1. The van der Waals surface area contributed by atoms with Gasteiger partial charge in [-0.3, -0.25) is 0 Å². The Balaban J connectivity index is 1.81. The van der Waals surface area contributed by atoms with Crippen molar-refractivity contribution in [2.24, 2.45) is 11.8 Å². The molecule has 11 heteroatoms. The molecule has 1 aliphatic heterocycles. The molecule has 0 bridgehead atoms. The number of carbonyl (C=O) groups is 1. The van der Waals surface area contributed by atoms with Gasteiger partial charge < -0.3 is 29.4 Å². The number of nitrogens with one attached hydrogen (secondary N) is 1. The van der Waals surface area contributed by atoms with Gasteiger partial charge in [0.2, 0.25) is 10.0 Å². The first-order valence-electron chi connectivity index (χ1n) is 14.0. The summed E-state index contributed by atoms with van der Waals surface area (Å²) in [4.78, 5) is 13.2. The molecule has 1 amide bonds. The Morgan fingerprint density at radius 2 is 1.80 bits per heavy atom. The first kappa shape index (κ1) is 32.8. The van der Waals surface area contributed by atoms with Crippen LogP contribution in [0.15, 0.2) is 59.5 Å². The van der Waals surface area contributed by atoms with E-state index in [1.165, 1.54) is 23.5 Å². The molecule has 1 heterocycles. The Hall–Kier alpha value is -2.70. The van der Waals surface area contributed by atoms with Crippen LogP contribution in [-0.2, 0) is 30.7 Å². The molecule has 41 heavy (non-hydrogen) atoms. The molecule has 2 N–H and O–H groups in total. The molecule has 0 saturated carbocycles. The molecular formula is C30H44N2O8S. The average molecular weight is 593 g/mol. The van der Waals surface area contributed by atoms with E-state index in [0.717, 1.165) is 18.4 Å². The quantitative estimate of drug-likeness (QED) is 0.322. The summed E-state index contributed by atoms with van der Waals surface area (Å²) in [6, 6.07) is 14.7. The third-order valence-electron chi connectivity index (χ3n) is 7.03. The van der Waals surface area contributed by atoms with E-state index in [9.17, 15) is 18.3 Å². The number of nitrogens with zero attached hydrogens (tertiary/aromatic N) is 1. The molecule has 1 fully saturated rings. The number of ether oxygens (including phenoxy) is 4. The van der Waals surface area contributed by atoms with Crippen LogP contribution in [0.1, 0.15) is 32.3 Å². The number of alkyl carbamates (subject to hydrolysis) is 1. The maximum Gasteiger partial charge on any atom is 0.407 e. The molecule has 4 atom stereocenters. The first-order chi connectivity index (χ1) is 19.6. The van der Waals surface area contributed by atoms with Crippen molar-refractivity contribution in [3.8, 4) is 5.75 Å². The van der Waals surface area contributed by atoms with E-state index in [-0.39, 0.29) is 42.8 Å². The van der Waals surface area contributed by atoms with E-state index in [0.29, 0.717) is 19.0 Å². The van der Waals surface area contributed by atoms with Gasteiger partial charge in [-0.1, -0.05) is 44.2 Å². The Labute approximate surface area is 244 Å². The van der Waals surface area contributed by atoms with E-state index in [2.05, 4.69) is 5.32 Å². The number of aliphatic hydroxyl groups excluding tert-OH is 1. The van der Waals surface area contributed by atoms with Crippen molar-refractivity contribution in [2.45, 2.75) is 56.3 Å². The van der Waals surface area contributed by atoms with Crippen molar-refractivity contribution in [3.05, 3.63) is 60.2 Å². The lowest BCUT2D eigenvalue weighted by atomic mass is 9.96. The Kier molecular flexibility index (Phi) is 12.9. The van der Waals surface area contributed by atoms with Crippen molar-refractivity contribution in [1.82, 2.24) is 9.62 Å². The summed E-state index contributed by atoms with van der Waals surface area (Å²) in [5.41, 5.74) is 0.874. The van der Waals surface area contributed by atoms with E-state index in [1.807, 2.05) is 44.2 Å². The fourth-order valence-electron chi connectivity index (χ4n) is 4.87. The number of methoxy groups -OCH3 is 2. The largest absolute Gasteiger partial charge is 0.497 e. The van der Waals surface area contributed by atoms with Gasteiger partial charge in [0, 0.05) is 32.7 Å².